The van der Waals surface area contributed by atoms with Crippen LogP contribution in [0.15, 0.2) is 36.9 Å². The maximum atomic E-state index is 5.54. The molecule has 1 nitrogen and oxygen atoms in total. The van der Waals surface area contributed by atoms with Gasteiger partial charge >= 0.3 is 0 Å². The number of hydrogen-bond donors (Lipinski definition) is 0. The largest absolute Gasteiger partial charge is 0.493 e. The first-order chi connectivity index (χ1) is 7.27. The van der Waals surface area contributed by atoms with Gasteiger partial charge in [-0.2, -0.15) is 0 Å². The Kier molecular flexibility index (Phi) is 4.96. The first-order valence-electron chi connectivity index (χ1n) is 5.61. The third kappa shape index (κ3) is 3.78. The third-order valence-electron chi connectivity index (χ3n) is 2.65. The number of hydrogen-bond acceptors (Lipinski definition) is 1. The molecule has 1 aromatic carbocycles. The van der Waals surface area contributed by atoms with Gasteiger partial charge in [-0.15, -0.1) is 6.58 Å². The highest BCUT2D eigenvalue weighted by Gasteiger charge is 2.02. The molecule has 1 atom stereocenters. The van der Waals surface area contributed by atoms with E-state index in [1.54, 1.807) is 0 Å². The Balaban J connectivity index is 2.52. The maximum Gasteiger partial charge on any atom is 0.119 e. The van der Waals surface area contributed by atoms with Crippen LogP contribution in [0.2, 0.25) is 0 Å². The number of rotatable bonds is 6. The topological polar surface area (TPSA) is 9.23 Å². The van der Waals surface area contributed by atoms with Gasteiger partial charge < -0.3 is 4.74 Å². The van der Waals surface area contributed by atoms with Gasteiger partial charge in [0.1, 0.15) is 5.75 Å². The van der Waals surface area contributed by atoms with Crippen molar-refractivity contribution in [3.8, 4) is 5.75 Å². The zero-order valence-electron chi connectivity index (χ0n) is 9.70. The minimum absolute atomic E-state index is 0.632. The molecule has 0 heterocycles. The van der Waals surface area contributed by atoms with Crippen LogP contribution < -0.4 is 4.74 Å². The first-order valence-corrected chi connectivity index (χ1v) is 5.61. The summed E-state index contributed by atoms with van der Waals surface area (Å²) in [6.45, 7) is 8.83. The highest BCUT2D eigenvalue weighted by atomic mass is 16.5. The van der Waals surface area contributed by atoms with Crippen LogP contribution in [-0.2, 0) is 0 Å². The van der Waals surface area contributed by atoms with Crippen molar-refractivity contribution in [2.24, 2.45) is 0 Å². The van der Waals surface area contributed by atoms with Gasteiger partial charge in [-0.3, -0.25) is 0 Å². The minimum Gasteiger partial charge on any atom is -0.493 e. The molecule has 1 rings (SSSR count). The summed E-state index contributed by atoms with van der Waals surface area (Å²) in [7, 11) is 0. The standard InChI is InChI=1S/C14H20O/c1-4-6-11-15-14-9-7-13(8-10-14)12(3)5-2/h4,7-10,12H,1,5-6,11H2,2-3H3. The molecule has 82 valence electrons. The SMILES string of the molecule is C=CCCOc1ccc(C(C)CC)cc1. The zero-order valence-corrected chi connectivity index (χ0v) is 9.70. The Bertz CT molecular complexity index is 287. The number of ether oxygens (including phenoxy) is 1. The van der Waals surface area contributed by atoms with E-state index in [4.69, 9.17) is 4.74 Å². The molecule has 0 aliphatic carbocycles. The van der Waals surface area contributed by atoms with Crippen LogP contribution in [0.4, 0.5) is 0 Å². The van der Waals surface area contributed by atoms with Gasteiger partial charge in [0.05, 0.1) is 6.61 Å². The van der Waals surface area contributed by atoms with Crippen molar-refractivity contribution < 1.29 is 4.74 Å². The average Bonchev–Trinajstić information content (AvgIpc) is 2.29. The Labute approximate surface area is 92.8 Å². The molecule has 0 saturated heterocycles. The summed E-state index contributed by atoms with van der Waals surface area (Å²) < 4.78 is 5.54. The second kappa shape index (κ2) is 6.28. The lowest BCUT2D eigenvalue weighted by molar-refractivity contribution is 0.325. The summed E-state index contributed by atoms with van der Waals surface area (Å²) in [5.74, 6) is 1.58. The molecule has 1 aromatic rings. The molecule has 1 unspecified atom stereocenters. The van der Waals surface area contributed by atoms with Crippen molar-refractivity contribution in [3.05, 3.63) is 42.5 Å². The molecule has 0 radical (unpaired) electrons. The molecule has 0 spiro atoms. The average molecular weight is 204 g/mol. The van der Waals surface area contributed by atoms with Crippen LogP contribution in [0.3, 0.4) is 0 Å². The highest BCUT2D eigenvalue weighted by molar-refractivity contribution is 5.29. The van der Waals surface area contributed by atoms with Crippen molar-refractivity contribution in [2.75, 3.05) is 6.61 Å². The lowest BCUT2D eigenvalue weighted by Crippen LogP contribution is -1.96. The van der Waals surface area contributed by atoms with E-state index in [-0.39, 0.29) is 0 Å². The molecular formula is C14H20O. The molecule has 15 heavy (non-hydrogen) atoms. The van der Waals surface area contributed by atoms with Crippen LogP contribution in [0.1, 0.15) is 38.2 Å². The van der Waals surface area contributed by atoms with E-state index in [2.05, 4.69) is 32.6 Å². The van der Waals surface area contributed by atoms with Crippen molar-refractivity contribution in [3.63, 3.8) is 0 Å². The fraction of sp³-hybridized carbons (Fsp3) is 0.429. The summed E-state index contributed by atoms with van der Waals surface area (Å²) in [5.41, 5.74) is 1.38. The third-order valence-corrected chi connectivity index (χ3v) is 2.65. The fourth-order valence-corrected chi connectivity index (χ4v) is 1.39. The van der Waals surface area contributed by atoms with Crippen LogP contribution >= 0.6 is 0 Å². The molecule has 0 aliphatic rings. The van der Waals surface area contributed by atoms with E-state index in [0.717, 1.165) is 12.2 Å². The number of benzene rings is 1. The van der Waals surface area contributed by atoms with E-state index in [1.165, 1.54) is 12.0 Å². The van der Waals surface area contributed by atoms with Gasteiger partial charge in [0.15, 0.2) is 0 Å². The smallest absolute Gasteiger partial charge is 0.119 e. The summed E-state index contributed by atoms with van der Waals surface area (Å²) >= 11 is 0. The van der Waals surface area contributed by atoms with E-state index in [9.17, 15) is 0 Å². The summed E-state index contributed by atoms with van der Waals surface area (Å²) in [5, 5.41) is 0. The second-order valence-electron chi connectivity index (χ2n) is 3.80. The Hall–Kier alpha value is -1.24. The lowest BCUT2D eigenvalue weighted by Gasteiger charge is -2.10. The molecule has 0 aromatic heterocycles. The van der Waals surface area contributed by atoms with Crippen LogP contribution in [0, 0.1) is 0 Å². The molecule has 0 aliphatic heterocycles. The molecule has 0 amide bonds. The van der Waals surface area contributed by atoms with Crippen molar-refractivity contribution >= 4 is 0 Å². The zero-order chi connectivity index (χ0) is 11.1. The summed E-state index contributed by atoms with van der Waals surface area (Å²) in [6, 6.07) is 8.39. The van der Waals surface area contributed by atoms with Gasteiger partial charge in [0.2, 0.25) is 0 Å². The molecular weight excluding hydrogens is 184 g/mol. The van der Waals surface area contributed by atoms with Crippen molar-refractivity contribution in [2.45, 2.75) is 32.6 Å². The Morgan fingerprint density at radius 1 is 1.33 bits per heavy atom. The van der Waals surface area contributed by atoms with Crippen LogP contribution in [-0.4, -0.2) is 6.61 Å². The quantitative estimate of drug-likeness (QED) is 0.499. The Morgan fingerprint density at radius 3 is 2.53 bits per heavy atom. The fourth-order valence-electron chi connectivity index (χ4n) is 1.39. The highest BCUT2D eigenvalue weighted by Crippen LogP contribution is 2.21. The van der Waals surface area contributed by atoms with Crippen LogP contribution in [0.5, 0.6) is 5.75 Å². The minimum atomic E-state index is 0.632. The summed E-state index contributed by atoms with van der Waals surface area (Å²) in [4.78, 5) is 0. The van der Waals surface area contributed by atoms with Crippen LogP contribution in [0.25, 0.3) is 0 Å². The predicted octanol–water partition coefficient (Wildman–Crippen LogP) is 4.16. The van der Waals surface area contributed by atoms with E-state index in [0.29, 0.717) is 12.5 Å². The van der Waals surface area contributed by atoms with Gasteiger partial charge in [0, 0.05) is 0 Å². The van der Waals surface area contributed by atoms with Gasteiger partial charge in [-0.25, -0.2) is 0 Å². The Morgan fingerprint density at radius 2 is 2.00 bits per heavy atom. The van der Waals surface area contributed by atoms with Gasteiger partial charge in [-0.05, 0) is 36.5 Å². The van der Waals surface area contributed by atoms with Crippen molar-refractivity contribution in [1.29, 1.82) is 0 Å². The molecule has 0 N–H and O–H groups in total. The maximum absolute atomic E-state index is 5.54. The molecule has 0 bridgehead atoms. The van der Waals surface area contributed by atoms with E-state index >= 15 is 0 Å². The molecule has 1 heteroatoms. The second-order valence-corrected chi connectivity index (χ2v) is 3.80. The van der Waals surface area contributed by atoms with Gasteiger partial charge in [0.25, 0.3) is 0 Å². The molecule has 0 saturated carbocycles. The lowest BCUT2D eigenvalue weighted by atomic mass is 9.99. The van der Waals surface area contributed by atoms with E-state index in [1.807, 2.05) is 18.2 Å². The first kappa shape index (κ1) is 11.8. The monoisotopic (exact) mass is 204 g/mol. The van der Waals surface area contributed by atoms with Gasteiger partial charge in [-0.1, -0.05) is 32.1 Å². The van der Waals surface area contributed by atoms with E-state index < -0.39 is 0 Å². The summed E-state index contributed by atoms with van der Waals surface area (Å²) in [6.07, 6.45) is 3.94. The molecule has 0 fully saturated rings. The normalized spacial score (nSPS) is 12.1. The van der Waals surface area contributed by atoms with Crippen molar-refractivity contribution in [1.82, 2.24) is 0 Å². The predicted molar refractivity (Wildman–Crippen MR) is 65.5 cm³/mol.